The highest BCUT2D eigenvalue weighted by Gasteiger charge is 2.53. The van der Waals surface area contributed by atoms with E-state index in [1.54, 1.807) is 42.5 Å². The predicted molar refractivity (Wildman–Crippen MR) is 183 cm³/mol. The highest BCUT2D eigenvalue weighted by molar-refractivity contribution is 7.80. The number of amides is 2. The van der Waals surface area contributed by atoms with Crippen LogP contribution < -0.4 is 14.8 Å². The van der Waals surface area contributed by atoms with Gasteiger partial charge >= 0.3 is 5.92 Å². The number of hydrogen-bond donors (Lipinski definition) is 2. The number of nitrogens with zero attached hydrogens (tertiary/aromatic N) is 2. The monoisotopic (exact) mass is 695 g/mol. The molecular weight excluding hydrogens is 660 g/mol. The van der Waals surface area contributed by atoms with E-state index < -0.39 is 46.5 Å². The Balaban J connectivity index is 1.36. The van der Waals surface area contributed by atoms with Crippen molar-refractivity contribution in [2.75, 3.05) is 17.4 Å². The molecule has 2 unspecified atom stereocenters. The minimum absolute atomic E-state index is 0.00190. The third-order valence-corrected chi connectivity index (χ3v) is 10.3. The fourth-order valence-electron chi connectivity index (χ4n) is 6.59. The molecule has 0 spiro atoms. The summed E-state index contributed by atoms with van der Waals surface area (Å²) in [6.45, 7) is 0.00381. The molecule has 0 aromatic heterocycles. The molecule has 2 amide bonds. The van der Waals surface area contributed by atoms with Gasteiger partial charge in [-0.3, -0.25) is 14.1 Å². The first-order valence-corrected chi connectivity index (χ1v) is 17.4. The molecule has 3 N–H and O–H groups in total. The predicted octanol–water partition coefficient (Wildman–Crippen LogP) is 7.31. The van der Waals surface area contributed by atoms with Gasteiger partial charge in [0.05, 0.1) is 11.8 Å². The van der Waals surface area contributed by atoms with E-state index in [-0.39, 0.29) is 37.7 Å². The SMILES string of the molecule is NC(=O)C1CCN(C(=O)C(N(c2ccc3cc(OC4CCCC4)ccc3c2)S(=O)O)C(F)(F)c2ccc(-c3ccc(Cl)cc3)cc2)CC1. The van der Waals surface area contributed by atoms with Crippen LogP contribution in [0.3, 0.4) is 0 Å². The van der Waals surface area contributed by atoms with Crippen LogP contribution >= 0.6 is 11.6 Å². The number of hydrogen-bond acceptors (Lipinski definition) is 4. The van der Waals surface area contributed by atoms with Gasteiger partial charge in [-0.05, 0) is 96.8 Å². The number of likely N-dealkylation sites (tertiary alicyclic amines) is 1. The zero-order valence-corrected chi connectivity index (χ0v) is 27.6. The first kappa shape index (κ1) is 33.8. The van der Waals surface area contributed by atoms with Crippen LogP contribution in [0.15, 0.2) is 84.9 Å². The third-order valence-electron chi connectivity index (χ3n) is 9.29. The van der Waals surface area contributed by atoms with E-state index in [2.05, 4.69) is 0 Å². The fourth-order valence-corrected chi connectivity index (χ4v) is 7.42. The summed E-state index contributed by atoms with van der Waals surface area (Å²) in [7, 11) is 0. The van der Waals surface area contributed by atoms with Gasteiger partial charge in [-0.15, -0.1) is 0 Å². The van der Waals surface area contributed by atoms with Crippen molar-refractivity contribution in [3.8, 4) is 16.9 Å². The van der Waals surface area contributed by atoms with Crippen molar-refractivity contribution >= 4 is 51.1 Å². The number of carbonyl (C=O) groups is 2. The number of ether oxygens (including phenoxy) is 1. The maximum atomic E-state index is 16.8. The van der Waals surface area contributed by atoms with Crippen LogP contribution in [0.25, 0.3) is 21.9 Å². The number of carbonyl (C=O) groups excluding carboxylic acids is 2. The number of primary amides is 1. The summed E-state index contributed by atoms with van der Waals surface area (Å²) in [4.78, 5) is 27.1. The second-order valence-electron chi connectivity index (χ2n) is 12.4. The lowest BCUT2D eigenvalue weighted by Crippen LogP contribution is -2.58. The fraction of sp³-hybridized carbons (Fsp3) is 0.333. The summed E-state index contributed by atoms with van der Waals surface area (Å²) in [5.74, 6) is -5.28. The average Bonchev–Trinajstić information content (AvgIpc) is 3.60. The Morgan fingerprint density at radius 3 is 2.08 bits per heavy atom. The summed E-state index contributed by atoms with van der Waals surface area (Å²) in [6, 6.07) is 20.0. The number of fused-ring (bicyclic) bond motifs is 1. The molecule has 1 aliphatic heterocycles. The van der Waals surface area contributed by atoms with E-state index in [4.69, 9.17) is 22.1 Å². The van der Waals surface area contributed by atoms with Crippen LogP contribution in [0.5, 0.6) is 5.75 Å². The van der Waals surface area contributed by atoms with Crippen LogP contribution in [0.4, 0.5) is 14.5 Å². The van der Waals surface area contributed by atoms with Crippen LogP contribution in [0.1, 0.15) is 44.1 Å². The highest BCUT2D eigenvalue weighted by Crippen LogP contribution is 2.40. The molecule has 2 atom stereocenters. The minimum atomic E-state index is -3.93. The number of alkyl halides is 2. The zero-order valence-electron chi connectivity index (χ0n) is 26.1. The van der Waals surface area contributed by atoms with E-state index in [1.807, 2.05) is 6.07 Å². The topological polar surface area (TPSA) is 113 Å². The number of anilines is 1. The summed E-state index contributed by atoms with van der Waals surface area (Å²) in [5.41, 5.74) is 6.32. The molecule has 2 aliphatic rings. The molecule has 1 heterocycles. The first-order chi connectivity index (χ1) is 23.0. The Kier molecular flexibility index (Phi) is 10.0. The van der Waals surface area contributed by atoms with Crippen molar-refractivity contribution in [2.24, 2.45) is 11.7 Å². The molecule has 8 nitrogen and oxygen atoms in total. The molecule has 1 saturated heterocycles. The minimum Gasteiger partial charge on any atom is -0.490 e. The van der Waals surface area contributed by atoms with Gasteiger partial charge in [-0.1, -0.05) is 60.1 Å². The summed E-state index contributed by atoms with van der Waals surface area (Å²) >= 11 is 2.96. The molecule has 2 fully saturated rings. The third kappa shape index (κ3) is 7.18. The van der Waals surface area contributed by atoms with Gasteiger partial charge < -0.3 is 15.4 Å². The zero-order chi connectivity index (χ0) is 34.0. The van der Waals surface area contributed by atoms with Crippen LogP contribution in [0.2, 0.25) is 5.02 Å². The van der Waals surface area contributed by atoms with Crippen molar-refractivity contribution in [1.29, 1.82) is 0 Å². The van der Waals surface area contributed by atoms with Gasteiger partial charge in [-0.2, -0.15) is 8.78 Å². The van der Waals surface area contributed by atoms with E-state index in [0.717, 1.165) is 36.6 Å². The number of nitrogens with two attached hydrogens (primary N) is 1. The maximum Gasteiger partial charge on any atom is 0.303 e. The van der Waals surface area contributed by atoms with Gasteiger partial charge in [0.15, 0.2) is 6.04 Å². The van der Waals surface area contributed by atoms with Gasteiger partial charge in [0.25, 0.3) is 17.2 Å². The Bertz CT molecular complexity index is 1810. The van der Waals surface area contributed by atoms with Gasteiger partial charge in [-0.25, -0.2) is 8.51 Å². The Labute approximate surface area is 285 Å². The second-order valence-corrected chi connectivity index (χ2v) is 13.7. The average molecular weight is 696 g/mol. The lowest BCUT2D eigenvalue weighted by Gasteiger charge is -2.39. The second kappa shape index (κ2) is 14.2. The highest BCUT2D eigenvalue weighted by atomic mass is 35.5. The quantitative estimate of drug-likeness (QED) is 0.169. The molecule has 6 rings (SSSR count). The van der Waals surface area contributed by atoms with Crippen LogP contribution in [-0.2, 0) is 26.8 Å². The molecule has 0 radical (unpaired) electrons. The maximum absolute atomic E-state index is 16.8. The Morgan fingerprint density at radius 1 is 0.896 bits per heavy atom. The molecule has 1 aliphatic carbocycles. The normalized spacial score (nSPS) is 17.3. The smallest absolute Gasteiger partial charge is 0.303 e. The summed E-state index contributed by atoms with van der Waals surface area (Å²) in [5, 5.41) is 1.90. The number of halogens is 3. The molecule has 252 valence electrons. The summed E-state index contributed by atoms with van der Waals surface area (Å²) in [6.07, 6.45) is 4.78. The largest absolute Gasteiger partial charge is 0.490 e. The van der Waals surface area contributed by atoms with Crippen molar-refractivity contribution in [1.82, 2.24) is 4.90 Å². The molecule has 0 bridgehead atoms. The van der Waals surface area contributed by atoms with Crippen molar-refractivity contribution in [2.45, 2.75) is 56.6 Å². The van der Waals surface area contributed by atoms with E-state index >= 15 is 8.78 Å². The standard InChI is InChI=1S/C36H36ClF2N3O5S/c37-29-13-7-24(8-14-29)23-5-11-28(12-6-23)36(38,39)33(35(44)41-19-17-25(18-20-41)34(40)43)42(48(45)46)30-15-9-27-22-32(16-10-26(27)21-30)47-31-3-1-2-4-31/h5-16,21-22,25,31,33H,1-4,17-20H2,(H2,40,43)(H,45,46). The lowest BCUT2D eigenvalue weighted by molar-refractivity contribution is -0.145. The van der Waals surface area contributed by atoms with Crippen molar-refractivity contribution < 1.29 is 31.9 Å². The number of rotatable bonds is 10. The van der Waals surface area contributed by atoms with E-state index in [1.165, 1.54) is 41.3 Å². The van der Waals surface area contributed by atoms with Crippen molar-refractivity contribution in [3.05, 3.63) is 95.5 Å². The summed E-state index contributed by atoms with van der Waals surface area (Å²) < 4.78 is 64.0. The number of benzene rings is 4. The first-order valence-electron chi connectivity index (χ1n) is 15.9. The van der Waals surface area contributed by atoms with Crippen molar-refractivity contribution in [3.63, 3.8) is 0 Å². The molecule has 12 heteroatoms. The van der Waals surface area contributed by atoms with Gasteiger partial charge in [0.2, 0.25) is 5.91 Å². The van der Waals surface area contributed by atoms with Crippen LogP contribution in [-0.4, -0.2) is 50.7 Å². The van der Waals surface area contributed by atoms with Gasteiger partial charge in [0, 0.05) is 29.6 Å². The molecular formula is C36H36ClF2N3O5S. The van der Waals surface area contributed by atoms with E-state index in [0.29, 0.717) is 26.0 Å². The number of piperidine rings is 1. The molecule has 4 aromatic rings. The molecule has 1 saturated carbocycles. The molecule has 48 heavy (non-hydrogen) atoms. The van der Waals surface area contributed by atoms with Crippen LogP contribution in [0, 0.1) is 5.92 Å². The molecule has 4 aromatic carbocycles. The van der Waals surface area contributed by atoms with Gasteiger partial charge in [0.1, 0.15) is 5.75 Å². The van der Waals surface area contributed by atoms with E-state index in [9.17, 15) is 18.4 Å². The Hall–Kier alpha value is -4.06. The lowest BCUT2D eigenvalue weighted by atomic mass is 9.93. The Morgan fingerprint density at radius 2 is 1.48 bits per heavy atom.